The Kier molecular flexibility index (Phi) is 7.46. The minimum Gasteiger partial charge on any atom is -0.463 e. The predicted molar refractivity (Wildman–Crippen MR) is 116 cm³/mol. The van der Waals surface area contributed by atoms with Crippen LogP contribution in [0.3, 0.4) is 0 Å². The molecule has 2 aromatic carbocycles. The van der Waals surface area contributed by atoms with Crippen molar-refractivity contribution in [2.75, 3.05) is 26.2 Å². The molecule has 0 radical (unpaired) electrons. The average molecular weight is 396 g/mol. The number of nitrogens with zero attached hydrogens (tertiary/aromatic N) is 1. The van der Waals surface area contributed by atoms with Crippen LogP contribution in [0.1, 0.15) is 36.5 Å². The van der Waals surface area contributed by atoms with Crippen molar-refractivity contribution in [2.24, 2.45) is 0 Å². The first kappa shape index (κ1) is 20.4. The first-order valence-corrected chi connectivity index (χ1v) is 10.2. The zero-order valence-corrected chi connectivity index (χ0v) is 17.0. The van der Waals surface area contributed by atoms with Crippen LogP contribution in [0.4, 0.5) is 0 Å². The molecule has 0 bridgehead atoms. The van der Waals surface area contributed by atoms with Gasteiger partial charge in [-0.2, -0.15) is 0 Å². The van der Waals surface area contributed by atoms with Gasteiger partial charge in [0.25, 0.3) is 0 Å². The third-order valence-electron chi connectivity index (χ3n) is 4.80. The summed E-state index contributed by atoms with van der Waals surface area (Å²) >= 11 is 6.08. The van der Waals surface area contributed by atoms with Crippen molar-refractivity contribution < 1.29 is 9.53 Å². The summed E-state index contributed by atoms with van der Waals surface area (Å²) in [6.45, 7) is 5.43. The number of hydrogen-bond donors (Lipinski definition) is 0. The summed E-state index contributed by atoms with van der Waals surface area (Å²) in [4.78, 5) is 14.1. The molecule has 0 spiro atoms. The van der Waals surface area contributed by atoms with Crippen LogP contribution in [0.5, 0.6) is 0 Å². The second-order valence-electron chi connectivity index (χ2n) is 6.84. The van der Waals surface area contributed by atoms with Crippen LogP contribution in [0.25, 0.3) is 11.6 Å². The van der Waals surface area contributed by atoms with Gasteiger partial charge in [-0.1, -0.05) is 48.0 Å². The summed E-state index contributed by atoms with van der Waals surface area (Å²) in [7, 11) is 0. The molecule has 1 saturated heterocycles. The molecule has 0 amide bonds. The van der Waals surface area contributed by atoms with Crippen molar-refractivity contribution >= 4 is 29.2 Å². The summed E-state index contributed by atoms with van der Waals surface area (Å²) < 4.78 is 4.96. The zero-order valence-electron chi connectivity index (χ0n) is 16.2. The zero-order chi connectivity index (χ0) is 19.8. The van der Waals surface area contributed by atoms with Crippen LogP contribution in [0.15, 0.2) is 60.7 Å². The lowest BCUT2D eigenvalue weighted by atomic mass is 9.96. The summed E-state index contributed by atoms with van der Waals surface area (Å²) in [5, 5.41) is 0.730. The third-order valence-corrected chi connectivity index (χ3v) is 5.06. The Morgan fingerprint density at radius 3 is 2.57 bits per heavy atom. The van der Waals surface area contributed by atoms with E-state index in [4.69, 9.17) is 16.3 Å². The molecule has 146 valence electrons. The summed E-state index contributed by atoms with van der Waals surface area (Å²) in [5.41, 5.74) is 4.39. The van der Waals surface area contributed by atoms with Gasteiger partial charge in [0, 0.05) is 17.6 Å². The normalized spacial score (nSPS) is 15.3. The van der Waals surface area contributed by atoms with Crippen LogP contribution in [-0.4, -0.2) is 37.1 Å². The fourth-order valence-electron chi connectivity index (χ4n) is 3.38. The van der Waals surface area contributed by atoms with E-state index in [1.54, 1.807) is 13.0 Å². The Morgan fingerprint density at radius 1 is 1.11 bits per heavy atom. The Bertz CT molecular complexity index is 849. The van der Waals surface area contributed by atoms with Gasteiger partial charge in [0.2, 0.25) is 0 Å². The van der Waals surface area contributed by atoms with Crippen LogP contribution < -0.4 is 0 Å². The molecule has 1 aliphatic heterocycles. The maximum Gasteiger partial charge on any atom is 0.330 e. The molecule has 1 heterocycles. The maximum absolute atomic E-state index is 11.6. The molecule has 0 N–H and O–H groups in total. The lowest BCUT2D eigenvalue weighted by Crippen LogP contribution is -2.19. The van der Waals surface area contributed by atoms with E-state index in [2.05, 4.69) is 35.2 Å². The molecule has 28 heavy (non-hydrogen) atoms. The second kappa shape index (κ2) is 10.3. The number of hydrogen-bond acceptors (Lipinski definition) is 3. The molecule has 0 atom stereocenters. The van der Waals surface area contributed by atoms with Gasteiger partial charge in [-0.3, -0.25) is 4.90 Å². The number of halogens is 1. The number of ether oxygens (including phenoxy) is 1. The number of likely N-dealkylation sites (tertiary alicyclic amines) is 1. The highest BCUT2D eigenvalue weighted by atomic mass is 35.5. The van der Waals surface area contributed by atoms with Crippen molar-refractivity contribution in [3.05, 3.63) is 82.4 Å². The molecular formula is C24H26ClNO2. The molecule has 1 fully saturated rings. The standard InChI is InChI=1S/C24H26ClNO2/c1-2-28-24(27)13-8-19-6-5-7-21(18-19)23(14-17-26-15-3-4-16-26)20-9-11-22(25)12-10-20/h5-14,18H,2-4,15-17H2,1H3. The monoisotopic (exact) mass is 395 g/mol. The Morgan fingerprint density at radius 2 is 1.86 bits per heavy atom. The highest BCUT2D eigenvalue weighted by Crippen LogP contribution is 2.26. The number of carbonyl (C=O) groups excluding carboxylic acids is 1. The molecular weight excluding hydrogens is 370 g/mol. The Labute approximate surface area is 172 Å². The predicted octanol–water partition coefficient (Wildman–Crippen LogP) is 5.44. The lowest BCUT2D eigenvalue weighted by Gasteiger charge is -2.15. The summed E-state index contributed by atoms with van der Waals surface area (Å²) in [6.07, 6.45) is 8.11. The Balaban J connectivity index is 1.88. The fourth-order valence-corrected chi connectivity index (χ4v) is 3.51. The van der Waals surface area contributed by atoms with Gasteiger partial charge in [0.15, 0.2) is 0 Å². The highest BCUT2D eigenvalue weighted by Gasteiger charge is 2.12. The molecule has 0 saturated carbocycles. The number of benzene rings is 2. The van der Waals surface area contributed by atoms with E-state index in [0.29, 0.717) is 6.61 Å². The Hall–Kier alpha value is -2.36. The van der Waals surface area contributed by atoms with Crippen molar-refractivity contribution in [3.8, 4) is 0 Å². The van der Waals surface area contributed by atoms with Gasteiger partial charge in [-0.15, -0.1) is 0 Å². The van der Waals surface area contributed by atoms with E-state index in [-0.39, 0.29) is 5.97 Å². The SMILES string of the molecule is CCOC(=O)C=Cc1cccc(C(=CCN2CCCC2)c2ccc(Cl)cc2)c1. The van der Waals surface area contributed by atoms with Crippen molar-refractivity contribution in [1.29, 1.82) is 0 Å². The highest BCUT2D eigenvalue weighted by molar-refractivity contribution is 6.30. The quantitative estimate of drug-likeness (QED) is 0.461. The lowest BCUT2D eigenvalue weighted by molar-refractivity contribution is -0.137. The topological polar surface area (TPSA) is 29.5 Å². The van der Waals surface area contributed by atoms with Crippen molar-refractivity contribution in [3.63, 3.8) is 0 Å². The van der Waals surface area contributed by atoms with Crippen LogP contribution in [0, 0.1) is 0 Å². The molecule has 2 aromatic rings. The molecule has 3 nitrogen and oxygen atoms in total. The van der Waals surface area contributed by atoms with Gasteiger partial charge in [0.1, 0.15) is 0 Å². The van der Waals surface area contributed by atoms with Crippen LogP contribution in [-0.2, 0) is 9.53 Å². The van der Waals surface area contributed by atoms with E-state index in [1.165, 1.54) is 24.5 Å². The van der Waals surface area contributed by atoms with Gasteiger partial charge in [-0.05, 0) is 79.4 Å². The van der Waals surface area contributed by atoms with E-state index >= 15 is 0 Å². The smallest absolute Gasteiger partial charge is 0.330 e. The minimum absolute atomic E-state index is 0.324. The van der Waals surface area contributed by atoms with E-state index in [9.17, 15) is 4.79 Å². The molecule has 0 aromatic heterocycles. The first-order valence-electron chi connectivity index (χ1n) is 9.79. The maximum atomic E-state index is 11.6. The molecule has 0 unspecified atom stereocenters. The molecule has 3 rings (SSSR count). The number of esters is 1. The van der Waals surface area contributed by atoms with E-state index in [1.807, 2.05) is 24.3 Å². The molecule has 4 heteroatoms. The summed E-state index contributed by atoms with van der Waals surface area (Å²) in [6, 6.07) is 16.2. The van der Waals surface area contributed by atoms with E-state index < -0.39 is 0 Å². The number of rotatable bonds is 7. The van der Waals surface area contributed by atoms with Crippen molar-refractivity contribution in [1.82, 2.24) is 4.90 Å². The van der Waals surface area contributed by atoms with Crippen molar-refractivity contribution in [2.45, 2.75) is 19.8 Å². The van der Waals surface area contributed by atoms with Gasteiger partial charge >= 0.3 is 5.97 Å². The van der Waals surface area contributed by atoms with Crippen LogP contribution >= 0.6 is 11.6 Å². The third kappa shape index (κ3) is 5.82. The fraction of sp³-hybridized carbons (Fsp3) is 0.292. The van der Waals surface area contributed by atoms with Crippen LogP contribution in [0.2, 0.25) is 5.02 Å². The second-order valence-corrected chi connectivity index (χ2v) is 7.28. The largest absolute Gasteiger partial charge is 0.463 e. The van der Waals surface area contributed by atoms with E-state index in [0.717, 1.165) is 41.3 Å². The molecule has 1 aliphatic rings. The first-order chi connectivity index (χ1) is 13.7. The van der Waals surface area contributed by atoms with Gasteiger partial charge in [0.05, 0.1) is 6.61 Å². The van der Waals surface area contributed by atoms with Gasteiger partial charge < -0.3 is 4.74 Å². The molecule has 0 aliphatic carbocycles. The number of carbonyl (C=O) groups is 1. The average Bonchev–Trinajstić information content (AvgIpc) is 3.22. The summed E-state index contributed by atoms with van der Waals surface area (Å²) in [5.74, 6) is -0.324. The minimum atomic E-state index is -0.324. The van der Waals surface area contributed by atoms with Gasteiger partial charge in [-0.25, -0.2) is 4.79 Å².